The summed E-state index contributed by atoms with van der Waals surface area (Å²) in [6.45, 7) is 3.51. The highest BCUT2D eigenvalue weighted by atomic mass is 32.1. The summed E-state index contributed by atoms with van der Waals surface area (Å²) >= 11 is 1.43. The van der Waals surface area contributed by atoms with E-state index < -0.39 is 0 Å². The molecule has 3 nitrogen and oxygen atoms in total. The Balaban J connectivity index is 2.60. The molecule has 0 aliphatic heterocycles. The van der Waals surface area contributed by atoms with Gasteiger partial charge in [-0.1, -0.05) is 12.2 Å². The van der Waals surface area contributed by atoms with E-state index in [0.717, 1.165) is 10.4 Å². The Morgan fingerprint density at radius 1 is 1.47 bits per heavy atom. The molecular formula is C11H13NO2S. The van der Waals surface area contributed by atoms with Gasteiger partial charge in [0.15, 0.2) is 5.78 Å². The molecule has 15 heavy (non-hydrogen) atoms. The third kappa shape index (κ3) is 3.67. The third-order valence-electron chi connectivity index (χ3n) is 1.78. The van der Waals surface area contributed by atoms with Crippen molar-refractivity contribution in [2.75, 3.05) is 6.54 Å². The molecule has 0 saturated heterocycles. The van der Waals surface area contributed by atoms with Crippen molar-refractivity contribution in [3.8, 4) is 0 Å². The van der Waals surface area contributed by atoms with Crippen LogP contribution in [0, 0.1) is 0 Å². The van der Waals surface area contributed by atoms with Crippen LogP contribution in [-0.4, -0.2) is 18.2 Å². The number of carbonyl (C=O) groups excluding carboxylic acids is 2. The number of hydrogen-bond donors (Lipinski definition) is 1. The van der Waals surface area contributed by atoms with Gasteiger partial charge in [0.25, 0.3) is 0 Å². The number of carbonyl (C=O) groups is 2. The SMILES string of the molecule is CC(=O)NCC=Cc1ccsc1C(C)=O. The first-order valence-electron chi connectivity index (χ1n) is 4.60. The van der Waals surface area contributed by atoms with Crippen LogP contribution in [0.4, 0.5) is 0 Å². The molecule has 0 aromatic carbocycles. The number of thiophene rings is 1. The van der Waals surface area contributed by atoms with Crippen LogP contribution in [0.25, 0.3) is 6.08 Å². The van der Waals surface area contributed by atoms with E-state index in [1.807, 2.05) is 23.6 Å². The van der Waals surface area contributed by atoms with E-state index in [-0.39, 0.29) is 11.7 Å². The fraction of sp³-hybridized carbons (Fsp3) is 0.273. The summed E-state index contributed by atoms with van der Waals surface area (Å²) in [7, 11) is 0. The van der Waals surface area contributed by atoms with Crippen molar-refractivity contribution in [2.45, 2.75) is 13.8 Å². The lowest BCUT2D eigenvalue weighted by molar-refractivity contribution is -0.118. The molecule has 0 atom stereocenters. The summed E-state index contributed by atoms with van der Waals surface area (Å²) in [6.07, 6.45) is 3.68. The lowest BCUT2D eigenvalue weighted by Gasteiger charge is -1.95. The molecular weight excluding hydrogens is 210 g/mol. The van der Waals surface area contributed by atoms with Crippen molar-refractivity contribution < 1.29 is 9.59 Å². The Labute approximate surface area is 92.8 Å². The van der Waals surface area contributed by atoms with Crippen LogP contribution in [0.3, 0.4) is 0 Å². The molecule has 0 bridgehead atoms. The van der Waals surface area contributed by atoms with Gasteiger partial charge in [-0.2, -0.15) is 0 Å². The molecule has 1 amide bonds. The van der Waals surface area contributed by atoms with Gasteiger partial charge < -0.3 is 5.32 Å². The van der Waals surface area contributed by atoms with Crippen LogP contribution in [-0.2, 0) is 4.79 Å². The summed E-state index contributed by atoms with van der Waals surface area (Å²) in [5.41, 5.74) is 0.915. The standard InChI is InChI=1S/C11H13NO2S/c1-8(13)11-10(5-7-15-11)4-3-6-12-9(2)14/h3-5,7H,6H2,1-2H3,(H,12,14). The van der Waals surface area contributed by atoms with Gasteiger partial charge in [-0.25, -0.2) is 0 Å². The molecule has 1 aromatic heterocycles. The number of hydrogen-bond acceptors (Lipinski definition) is 3. The maximum absolute atomic E-state index is 11.2. The minimum Gasteiger partial charge on any atom is -0.353 e. The molecule has 0 radical (unpaired) electrons. The quantitative estimate of drug-likeness (QED) is 0.794. The summed E-state index contributed by atoms with van der Waals surface area (Å²) < 4.78 is 0. The lowest BCUT2D eigenvalue weighted by Crippen LogP contribution is -2.19. The first-order valence-corrected chi connectivity index (χ1v) is 5.48. The maximum Gasteiger partial charge on any atom is 0.217 e. The largest absolute Gasteiger partial charge is 0.353 e. The minimum atomic E-state index is -0.0586. The van der Waals surface area contributed by atoms with Crippen molar-refractivity contribution in [3.63, 3.8) is 0 Å². The van der Waals surface area contributed by atoms with Gasteiger partial charge in [-0.3, -0.25) is 9.59 Å². The second kappa shape index (κ2) is 5.46. The van der Waals surface area contributed by atoms with Crippen LogP contribution < -0.4 is 5.32 Å². The molecule has 0 aliphatic rings. The number of Topliss-reactive ketones (excluding diaryl/α,β-unsaturated/α-hetero) is 1. The average Bonchev–Trinajstić information content (AvgIpc) is 2.60. The predicted octanol–water partition coefficient (Wildman–Crippen LogP) is 2.10. The number of ketones is 1. The van der Waals surface area contributed by atoms with Crippen molar-refractivity contribution >= 4 is 29.1 Å². The van der Waals surface area contributed by atoms with Crippen LogP contribution >= 0.6 is 11.3 Å². The van der Waals surface area contributed by atoms with Crippen molar-refractivity contribution in [3.05, 3.63) is 28.0 Å². The highest BCUT2D eigenvalue weighted by Gasteiger charge is 2.05. The summed E-state index contributed by atoms with van der Waals surface area (Å²) in [5.74, 6) is 0.0148. The number of amides is 1. The highest BCUT2D eigenvalue weighted by molar-refractivity contribution is 7.12. The molecule has 0 fully saturated rings. The monoisotopic (exact) mass is 223 g/mol. The topological polar surface area (TPSA) is 46.2 Å². The van der Waals surface area contributed by atoms with Crippen LogP contribution in [0.2, 0.25) is 0 Å². The minimum absolute atomic E-state index is 0.0586. The fourth-order valence-corrected chi connectivity index (χ4v) is 1.91. The number of nitrogens with one attached hydrogen (secondary N) is 1. The van der Waals surface area contributed by atoms with E-state index >= 15 is 0 Å². The first kappa shape index (κ1) is 11.7. The zero-order chi connectivity index (χ0) is 11.3. The predicted molar refractivity (Wildman–Crippen MR) is 62.0 cm³/mol. The Bertz CT molecular complexity index is 393. The second-order valence-electron chi connectivity index (χ2n) is 3.10. The smallest absolute Gasteiger partial charge is 0.217 e. The molecule has 1 rings (SSSR count). The fourth-order valence-electron chi connectivity index (χ4n) is 1.13. The maximum atomic E-state index is 11.2. The Morgan fingerprint density at radius 2 is 2.20 bits per heavy atom. The summed E-state index contributed by atoms with van der Waals surface area (Å²) in [5, 5.41) is 4.53. The lowest BCUT2D eigenvalue weighted by atomic mass is 10.2. The molecule has 0 spiro atoms. The molecule has 1 aromatic rings. The summed E-state index contributed by atoms with van der Waals surface area (Å²) in [6, 6.07) is 1.89. The van der Waals surface area contributed by atoms with Crippen LogP contribution in [0.15, 0.2) is 17.5 Å². The van der Waals surface area contributed by atoms with Crippen LogP contribution in [0.1, 0.15) is 29.1 Å². The molecule has 1 N–H and O–H groups in total. The molecule has 0 aliphatic carbocycles. The normalized spacial score (nSPS) is 10.5. The zero-order valence-electron chi connectivity index (χ0n) is 8.74. The Hall–Kier alpha value is -1.42. The van der Waals surface area contributed by atoms with Gasteiger partial charge in [-0.05, 0) is 23.9 Å². The Morgan fingerprint density at radius 3 is 2.80 bits per heavy atom. The average molecular weight is 223 g/mol. The van der Waals surface area contributed by atoms with E-state index in [1.165, 1.54) is 18.3 Å². The molecule has 0 saturated carbocycles. The third-order valence-corrected chi connectivity index (χ3v) is 2.81. The number of rotatable bonds is 4. The highest BCUT2D eigenvalue weighted by Crippen LogP contribution is 2.18. The van der Waals surface area contributed by atoms with Gasteiger partial charge in [0.1, 0.15) is 0 Å². The van der Waals surface area contributed by atoms with Gasteiger partial charge in [0.2, 0.25) is 5.91 Å². The molecule has 4 heteroatoms. The van der Waals surface area contributed by atoms with E-state index in [1.54, 1.807) is 6.92 Å². The first-order chi connectivity index (χ1) is 7.11. The molecule has 80 valence electrons. The molecule has 1 heterocycles. The van der Waals surface area contributed by atoms with Crippen molar-refractivity contribution in [1.82, 2.24) is 5.32 Å². The Kier molecular flexibility index (Phi) is 4.24. The van der Waals surface area contributed by atoms with Gasteiger partial charge in [-0.15, -0.1) is 11.3 Å². The van der Waals surface area contributed by atoms with Gasteiger partial charge in [0.05, 0.1) is 4.88 Å². The second-order valence-corrected chi connectivity index (χ2v) is 4.02. The van der Waals surface area contributed by atoms with Gasteiger partial charge in [0, 0.05) is 13.5 Å². The van der Waals surface area contributed by atoms with E-state index in [2.05, 4.69) is 5.32 Å². The van der Waals surface area contributed by atoms with Gasteiger partial charge >= 0.3 is 0 Å². The van der Waals surface area contributed by atoms with Crippen molar-refractivity contribution in [1.29, 1.82) is 0 Å². The van der Waals surface area contributed by atoms with E-state index in [4.69, 9.17) is 0 Å². The van der Waals surface area contributed by atoms with E-state index in [9.17, 15) is 9.59 Å². The van der Waals surface area contributed by atoms with Crippen molar-refractivity contribution in [2.24, 2.45) is 0 Å². The molecule has 0 unspecified atom stereocenters. The van der Waals surface area contributed by atoms with Crippen LogP contribution in [0.5, 0.6) is 0 Å². The zero-order valence-corrected chi connectivity index (χ0v) is 9.56. The summed E-state index contributed by atoms with van der Waals surface area (Å²) in [4.78, 5) is 22.5. The van der Waals surface area contributed by atoms with E-state index in [0.29, 0.717) is 6.54 Å².